The van der Waals surface area contributed by atoms with Crippen molar-refractivity contribution < 1.29 is 13.9 Å². The highest BCUT2D eigenvalue weighted by Gasteiger charge is 2.39. The maximum Gasteiger partial charge on any atom is 0.170 e. The third kappa shape index (κ3) is 3.38. The van der Waals surface area contributed by atoms with Crippen LogP contribution in [0, 0.1) is 0 Å². The fraction of sp³-hybridized carbons (Fsp3) is 0.444. The van der Waals surface area contributed by atoms with Crippen LogP contribution in [0.3, 0.4) is 0 Å². The molecule has 0 bridgehead atoms. The average molecular weight is 378 g/mol. The standard InChI is InChI=1S/C18H20BrNO3/c19-15-3-1-14(2-4-15)17-6-5-16(23-17)13-20-9-7-18(8-10-20)21-11-12-22-18/h1-6H,7-13H2. The van der Waals surface area contributed by atoms with Crippen LogP contribution in [0.25, 0.3) is 11.3 Å². The van der Waals surface area contributed by atoms with Gasteiger partial charge in [-0.15, -0.1) is 0 Å². The van der Waals surface area contributed by atoms with E-state index in [2.05, 4.69) is 39.0 Å². The largest absolute Gasteiger partial charge is 0.460 e. The minimum Gasteiger partial charge on any atom is -0.460 e. The lowest BCUT2D eigenvalue weighted by molar-refractivity contribution is -0.186. The van der Waals surface area contributed by atoms with Crippen molar-refractivity contribution in [2.75, 3.05) is 26.3 Å². The first-order valence-electron chi connectivity index (χ1n) is 8.07. The molecule has 2 saturated heterocycles. The highest BCUT2D eigenvalue weighted by molar-refractivity contribution is 9.10. The van der Waals surface area contributed by atoms with E-state index < -0.39 is 0 Å². The molecule has 1 aromatic carbocycles. The highest BCUT2D eigenvalue weighted by atomic mass is 79.9. The Balaban J connectivity index is 1.38. The van der Waals surface area contributed by atoms with Crippen molar-refractivity contribution in [3.8, 4) is 11.3 Å². The minimum absolute atomic E-state index is 0.303. The van der Waals surface area contributed by atoms with E-state index in [1.54, 1.807) is 0 Å². The van der Waals surface area contributed by atoms with Gasteiger partial charge in [-0.1, -0.05) is 28.1 Å². The van der Waals surface area contributed by atoms with Crippen LogP contribution in [0.4, 0.5) is 0 Å². The Morgan fingerprint density at radius 1 is 0.957 bits per heavy atom. The molecule has 1 spiro atoms. The summed E-state index contributed by atoms with van der Waals surface area (Å²) in [5.41, 5.74) is 1.10. The summed E-state index contributed by atoms with van der Waals surface area (Å²) < 4.78 is 18.6. The van der Waals surface area contributed by atoms with Crippen molar-refractivity contribution in [2.45, 2.75) is 25.2 Å². The smallest absolute Gasteiger partial charge is 0.170 e. The molecule has 0 aliphatic carbocycles. The van der Waals surface area contributed by atoms with Gasteiger partial charge < -0.3 is 13.9 Å². The number of hydrogen-bond acceptors (Lipinski definition) is 4. The van der Waals surface area contributed by atoms with E-state index in [-0.39, 0.29) is 5.79 Å². The molecule has 2 aromatic rings. The van der Waals surface area contributed by atoms with Gasteiger partial charge in [0.2, 0.25) is 0 Å². The lowest BCUT2D eigenvalue weighted by Crippen LogP contribution is -2.44. The topological polar surface area (TPSA) is 34.8 Å². The molecule has 2 aliphatic rings. The molecular formula is C18H20BrNO3. The normalized spacial score (nSPS) is 21.1. The summed E-state index contributed by atoms with van der Waals surface area (Å²) in [4.78, 5) is 2.40. The monoisotopic (exact) mass is 377 g/mol. The fourth-order valence-electron chi connectivity index (χ4n) is 3.29. The van der Waals surface area contributed by atoms with Crippen LogP contribution in [0.15, 0.2) is 45.3 Å². The summed E-state index contributed by atoms with van der Waals surface area (Å²) in [6.07, 6.45) is 1.88. The van der Waals surface area contributed by atoms with Crippen molar-refractivity contribution in [3.05, 3.63) is 46.6 Å². The molecule has 5 heteroatoms. The van der Waals surface area contributed by atoms with Gasteiger partial charge in [-0.05, 0) is 24.3 Å². The molecule has 23 heavy (non-hydrogen) atoms. The van der Waals surface area contributed by atoms with E-state index >= 15 is 0 Å². The summed E-state index contributed by atoms with van der Waals surface area (Å²) in [5.74, 6) is 1.62. The molecule has 122 valence electrons. The van der Waals surface area contributed by atoms with Crippen molar-refractivity contribution in [1.82, 2.24) is 4.90 Å². The Morgan fingerprint density at radius 2 is 1.65 bits per heavy atom. The van der Waals surface area contributed by atoms with Crippen molar-refractivity contribution in [2.24, 2.45) is 0 Å². The average Bonchev–Trinajstić information content (AvgIpc) is 3.21. The lowest BCUT2D eigenvalue weighted by atomic mass is 10.0. The highest BCUT2D eigenvalue weighted by Crippen LogP contribution is 2.32. The maximum absolute atomic E-state index is 6.01. The summed E-state index contributed by atoms with van der Waals surface area (Å²) >= 11 is 3.46. The van der Waals surface area contributed by atoms with Gasteiger partial charge in [0.1, 0.15) is 11.5 Å². The van der Waals surface area contributed by atoms with Gasteiger partial charge in [0, 0.05) is 36.0 Å². The van der Waals surface area contributed by atoms with Gasteiger partial charge in [-0.2, -0.15) is 0 Å². The van der Waals surface area contributed by atoms with Gasteiger partial charge in [0.05, 0.1) is 19.8 Å². The van der Waals surface area contributed by atoms with Gasteiger partial charge >= 0.3 is 0 Å². The van der Waals surface area contributed by atoms with Crippen molar-refractivity contribution >= 4 is 15.9 Å². The molecule has 0 saturated carbocycles. The van der Waals surface area contributed by atoms with E-state index in [9.17, 15) is 0 Å². The molecule has 4 nitrogen and oxygen atoms in total. The van der Waals surface area contributed by atoms with E-state index in [4.69, 9.17) is 13.9 Å². The molecule has 4 rings (SSSR count). The summed E-state index contributed by atoms with van der Waals surface area (Å²) in [5, 5.41) is 0. The van der Waals surface area contributed by atoms with Crippen LogP contribution in [0.5, 0.6) is 0 Å². The zero-order valence-corrected chi connectivity index (χ0v) is 14.5. The van der Waals surface area contributed by atoms with Crippen LogP contribution >= 0.6 is 15.9 Å². The minimum atomic E-state index is -0.303. The second kappa shape index (κ2) is 6.40. The Kier molecular flexibility index (Phi) is 4.28. The van der Waals surface area contributed by atoms with Crippen LogP contribution in [-0.4, -0.2) is 37.0 Å². The van der Waals surface area contributed by atoms with E-state index in [0.717, 1.165) is 67.2 Å². The first-order chi connectivity index (χ1) is 11.2. The van der Waals surface area contributed by atoms with Crippen LogP contribution in [-0.2, 0) is 16.0 Å². The third-order valence-electron chi connectivity index (χ3n) is 4.60. The third-order valence-corrected chi connectivity index (χ3v) is 5.13. The van der Waals surface area contributed by atoms with Gasteiger partial charge in [-0.3, -0.25) is 4.90 Å². The van der Waals surface area contributed by atoms with Crippen LogP contribution in [0.2, 0.25) is 0 Å². The molecule has 0 amide bonds. The Morgan fingerprint density at radius 3 is 2.35 bits per heavy atom. The number of nitrogens with zero attached hydrogens (tertiary/aromatic N) is 1. The molecule has 2 fully saturated rings. The number of furan rings is 1. The van der Waals surface area contributed by atoms with Crippen LogP contribution in [0.1, 0.15) is 18.6 Å². The molecule has 0 radical (unpaired) electrons. The Bertz CT molecular complexity index is 651. The number of ether oxygens (including phenoxy) is 2. The van der Waals surface area contributed by atoms with Crippen molar-refractivity contribution in [3.63, 3.8) is 0 Å². The number of piperidine rings is 1. The second-order valence-electron chi connectivity index (χ2n) is 6.16. The fourth-order valence-corrected chi connectivity index (χ4v) is 3.55. The van der Waals surface area contributed by atoms with Gasteiger partial charge in [0.25, 0.3) is 0 Å². The molecule has 0 N–H and O–H groups in total. The Labute approximate surface area is 144 Å². The van der Waals surface area contributed by atoms with Crippen LogP contribution < -0.4 is 0 Å². The number of halogens is 1. The van der Waals surface area contributed by atoms with Gasteiger partial charge in [0.15, 0.2) is 5.79 Å². The molecule has 0 atom stereocenters. The number of rotatable bonds is 3. The number of hydrogen-bond donors (Lipinski definition) is 0. The zero-order valence-electron chi connectivity index (χ0n) is 13.0. The zero-order chi connectivity index (χ0) is 15.7. The lowest BCUT2D eigenvalue weighted by Gasteiger charge is -2.37. The van der Waals surface area contributed by atoms with E-state index in [0.29, 0.717) is 0 Å². The summed E-state index contributed by atoms with van der Waals surface area (Å²) in [7, 11) is 0. The first-order valence-corrected chi connectivity index (χ1v) is 8.87. The number of benzene rings is 1. The Hall–Kier alpha value is -1.14. The number of likely N-dealkylation sites (tertiary alicyclic amines) is 1. The van der Waals surface area contributed by atoms with Gasteiger partial charge in [-0.25, -0.2) is 0 Å². The molecule has 1 aromatic heterocycles. The second-order valence-corrected chi connectivity index (χ2v) is 7.07. The predicted octanol–water partition coefficient (Wildman–Crippen LogP) is 4.05. The van der Waals surface area contributed by atoms with E-state index in [1.807, 2.05) is 18.2 Å². The molecule has 0 unspecified atom stereocenters. The first kappa shape index (κ1) is 15.4. The quantitative estimate of drug-likeness (QED) is 0.807. The van der Waals surface area contributed by atoms with Crippen molar-refractivity contribution in [1.29, 1.82) is 0 Å². The predicted molar refractivity (Wildman–Crippen MR) is 91.0 cm³/mol. The SMILES string of the molecule is Brc1ccc(-c2ccc(CN3CCC4(CC3)OCCO4)o2)cc1. The summed E-state index contributed by atoms with van der Waals surface area (Å²) in [6.45, 7) is 4.26. The molecule has 3 heterocycles. The van der Waals surface area contributed by atoms with E-state index in [1.165, 1.54) is 0 Å². The summed E-state index contributed by atoms with van der Waals surface area (Å²) in [6, 6.07) is 12.3. The maximum atomic E-state index is 6.01. The molecular weight excluding hydrogens is 358 g/mol. The molecule has 2 aliphatic heterocycles.